The fraction of sp³-hybridized carbons (Fsp3) is 0.133. The molecule has 0 fully saturated rings. The monoisotopic (exact) mass is 410 g/mol. The molecular formula is C15H12Br2N2O2. The molecule has 0 unspecified atom stereocenters. The minimum absolute atomic E-state index is 0.157. The van der Waals surface area contributed by atoms with Gasteiger partial charge in [0.1, 0.15) is 16.1 Å². The molecule has 2 aromatic heterocycles. The summed E-state index contributed by atoms with van der Waals surface area (Å²) in [5.41, 5.74) is 1.96. The molecule has 3 aromatic rings. The lowest BCUT2D eigenvalue weighted by Gasteiger charge is -2.09. The fourth-order valence-electron chi connectivity index (χ4n) is 2.30. The Morgan fingerprint density at radius 3 is 2.86 bits per heavy atom. The van der Waals surface area contributed by atoms with Gasteiger partial charge in [0.2, 0.25) is 0 Å². The number of hydrogen-bond donors (Lipinski definition) is 1. The topological polar surface area (TPSA) is 47.3 Å². The molecule has 0 aliphatic carbocycles. The molecule has 4 nitrogen and oxygen atoms in total. The lowest BCUT2D eigenvalue weighted by molar-refractivity contribution is 0.414. The Hall–Kier alpha value is -1.53. The minimum Gasteiger partial charge on any atom is -0.506 e. The molecule has 1 N–H and O–H groups in total. The van der Waals surface area contributed by atoms with Crippen molar-refractivity contribution in [3.8, 4) is 11.5 Å². The molecule has 0 saturated carbocycles. The van der Waals surface area contributed by atoms with Gasteiger partial charge in [0.25, 0.3) is 0 Å². The van der Waals surface area contributed by atoms with Crippen LogP contribution in [0.15, 0.2) is 45.7 Å². The molecule has 0 aliphatic rings. The van der Waals surface area contributed by atoms with E-state index in [1.165, 1.54) is 6.20 Å². The number of methoxy groups -OCH3 is 1. The summed E-state index contributed by atoms with van der Waals surface area (Å²) >= 11 is 7.08. The Morgan fingerprint density at radius 1 is 1.29 bits per heavy atom. The van der Waals surface area contributed by atoms with Gasteiger partial charge in [0.05, 0.1) is 34.9 Å². The van der Waals surface area contributed by atoms with E-state index < -0.39 is 0 Å². The van der Waals surface area contributed by atoms with Gasteiger partial charge in [-0.15, -0.1) is 0 Å². The summed E-state index contributed by atoms with van der Waals surface area (Å²) in [5, 5.41) is 10.7. The van der Waals surface area contributed by atoms with E-state index in [0.29, 0.717) is 6.54 Å². The Kier molecular flexibility index (Phi) is 3.91. The van der Waals surface area contributed by atoms with Crippen LogP contribution in [0.5, 0.6) is 11.5 Å². The smallest absolute Gasteiger partial charge is 0.144 e. The SMILES string of the molecule is COc1cccc(Cn2c(Br)c(Br)c3c(O)cncc32)c1. The van der Waals surface area contributed by atoms with Crippen LogP contribution in [0.2, 0.25) is 0 Å². The summed E-state index contributed by atoms with van der Waals surface area (Å²) in [5.74, 6) is 0.976. The van der Waals surface area contributed by atoms with Crippen molar-refractivity contribution in [2.24, 2.45) is 0 Å². The minimum atomic E-state index is 0.157. The standard InChI is InChI=1S/C15H12Br2N2O2/c1-21-10-4-2-3-9(5-10)8-19-11-6-18-7-12(20)13(11)14(16)15(19)17/h2-7,20H,8H2,1H3. The molecule has 2 heterocycles. The highest BCUT2D eigenvalue weighted by atomic mass is 79.9. The Bertz CT molecular complexity index is 815. The normalized spacial score (nSPS) is 11.0. The van der Waals surface area contributed by atoms with Gasteiger partial charge in [-0.1, -0.05) is 12.1 Å². The Morgan fingerprint density at radius 2 is 2.10 bits per heavy atom. The van der Waals surface area contributed by atoms with Crippen molar-refractivity contribution >= 4 is 42.8 Å². The van der Waals surface area contributed by atoms with Crippen LogP contribution in [0, 0.1) is 0 Å². The number of halogens is 2. The molecule has 3 rings (SSSR count). The summed E-state index contributed by atoms with van der Waals surface area (Å²) in [7, 11) is 1.65. The molecule has 0 bridgehead atoms. The summed E-state index contributed by atoms with van der Waals surface area (Å²) in [6, 6.07) is 7.89. The molecule has 0 radical (unpaired) electrons. The molecule has 0 aliphatic heterocycles. The lowest BCUT2D eigenvalue weighted by Crippen LogP contribution is -2.00. The average Bonchev–Trinajstić information content (AvgIpc) is 2.74. The van der Waals surface area contributed by atoms with Crippen molar-refractivity contribution in [2.45, 2.75) is 6.54 Å². The van der Waals surface area contributed by atoms with E-state index in [1.54, 1.807) is 13.3 Å². The van der Waals surface area contributed by atoms with Gasteiger partial charge in [0, 0.05) is 6.54 Å². The third-order valence-corrected chi connectivity index (χ3v) is 5.44. The van der Waals surface area contributed by atoms with E-state index in [1.807, 2.05) is 28.8 Å². The first-order valence-electron chi connectivity index (χ1n) is 6.25. The van der Waals surface area contributed by atoms with Gasteiger partial charge in [-0.3, -0.25) is 4.98 Å². The maximum atomic E-state index is 9.99. The molecule has 0 saturated heterocycles. The van der Waals surface area contributed by atoms with Gasteiger partial charge in [-0.05, 0) is 49.6 Å². The number of aromatic nitrogens is 2. The number of aromatic hydroxyl groups is 1. The van der Waals surface area contributed by atoms with E-state index >= 15 is 0 Å². The molecule has 0 amide bonds. The number of ether oxygens (including phenoxy) is 1. The first-order chi connectivity index (χ1) is 10.1. The van der Waals surface area contributed by atoms with E-state index in [0.717, 1.165) is 31.3 Å². The van der Waals surface area contributed by atoms with Crippen LogP contribution in [0.25, 0.3) is 10.9 Å². The highest BCUT2D eigenvalue weighted by molar-refractivity contribution is 9.13. The van der Waals surface area contributed by atoms with Crippen molar-refractivity contribution in [1.29, 1.82) is 0 Å². The van der Waals surface area contributed by atoms with Crippen LogP contribution in [0.3, 0.4) is 0 Å². The second-order valence-corrected chi connectivity index (χ2v) is 6.14. The molecule has 0 atom stereocenters. The molecule has 6 heteroatoms. The Balaban J connectivity index is 2.12. The maximum absolute atomic E-state index is 9.99. The number of pyridine rings is 1. The first-order valence-corrected chi connectivity index (χ1v) is 7.83. The highest BCUT2D eigenvalue weighted by Gasteiger charge is 2.17. The zero-order chi connectivity index (χ0) is 15.0. The summed E-state index contributed by atoms with van der Waals surface area (Å²) in [6.07, 6.45) is 3.18. The fourth-order valence-corrected chi connectivity index (χ4v) is 3.44. The van der Waals surface area contributed by atoms with Crippen molar-refractivity contribution in [1.82, 2.24) is 9.55 Å². The van der Waals surface area contributed by atoms with Gasteiger partial charge < -0.3 is 14.4 Å². The zero-order valence-corrected chi connectivity index (χ0v) is 14.3. The van der Waals surface area contributed by atoms with Crippen molar-refractivity contribution < 1.29 is 9.84 Å². The number of rotatable bonds is 3. The third kappa shape index (κ3) is 2.53. The van der Waals surface area contributed by atoms with E-state index in [4.69, 9.17) is 4.74 Å². The summed E-state index contributed by atoms with van der Waals surface area (Å²) < 4.78 is 8.98. The van der Waals surface area contributed by atoms with E-state index in [9.17, 15) is 5.11 Å². The second kappa shape index (κ2) is 5.69. The number of nitrogens with zero attached hydrogens (tertiary/aromatic N) is 2. The van der Waals surface area contributed by atoms with E-state index in [2.05, 4.69) is 36.8 Å². The number of hydrogen-bond acceptors (Lipinski definition) is 3. The number of benzene rings is 1. The van der Waals surface area contributed by atoms with Crippen molar-refractivity contribution in [2.75, 3.05) is 7.11 Å². The lowest BCUT2D eigenvalue weighted by atomic mass is 10.2. The molecule has 108 valence electrons. The largest absolute Gasteiger partial charge is 0.506 e. The molecular weight excluding hydrogens is 400 g/mol. The Labute approximate surface area is 138 Å². The van der Waals surface area contributed by atoms with Crippen molar-refractivity contribution in [3.63, 3.8) is 0 Å². The first kappa shape index (κ1) is 14.4. The molecule has 1 aromatic carbocycles. The third-order valence-electron chi connectivity index (χ3n) is 3.31. The molecule has 0 spiro atoms. The van der Waals surface area contributed by atoms with E-state index in [-0.39, 0.29) is 5.75 Å². The van der Waals surface area contributed by atoms with Gasteiger partial charge in [-0.25, -0.2) is 0 Å². The van der Waals surface area contributed by atoms with Gasteiger partial charge in [-0.2, -0.15) is 0 Å². The molecule has 21 heavy (non-hydrogen) atoms. The summed E-state index contributed by atoms with van der Waals surface area (Å²) in [6.45, 7) is 0.644. The van der Waals surface area contributed by atoms with Crippen LogP contribution < -0.4 is 4.74 Å². The van der Waals surface area contributed by atoms with Crippen LogP contribution in [0.1, 0.15) is 5.56 Å². The average molecular weight is 412 g/mol. The van der Waals surface area contributed by atoms with Crippen LogP contribution >= 0.6 is 31.9 Å². The summed E-state index contributed by atoms with van der Waals surface area (Å²) in [4.78, 5) is 4.07. The second-order valence-electron chi connectivity index (χ2n) is 4.60. The highest BCUT2D eigenvalue weighted by Crippen LogP contribution is 2.39. The van der Waals surface area contributed by atoms with Gasteiger partial charge in [0.15, 0.2) is 0 Å². The predicted molar refractivity (Wildman–Crippen MR) is 88.9 cm³/mol. The van der Waals surface area contributed by atoms with Crippen molar-refractivity contribution in [3.05, 3.63) is 51.3 Å². The van der Waals surface area contributed by atoms with Crippen LogP contribution in [-0.2, 0) is 6.54 Å². The zero-order valence-electron chi connectivity index (χ0n) is 11.2. The van der Waals surface area contributed by atoms with Gasteiger partial charge >= 0.3 is 0 Å². The van der Waals surface area contributed by atoms with Crippen LogP contribution in [0.4, 0.5) is 0 Å². The van der Waals surface area contributed by atoms with Crippen LogP contribution in [-0.4, -0.2) is 21.8 Å². The predicted octanol–water partition coefficient (Wildman–Crippen LogP) is 4.32. The number of fused-ring (bicyclic) bond motifs is 1. The quantitative estimate of drug-likeness (QED) is 0.697. The maximum Gasteiger partial charge on any atom is 0.144 e.